The third-order valence-electron chi connectivity index (χ3n) is 2.74. The standard InChI is InChI=1S/C14H9N3O/c18-14(13-5-7-16-9-17-13)11-3-1-2-10-4-6-15-8-12(10)11/h1-9H. The maximum atomic E-state index is 12.3. The molecule has 0 atom stereocenters. The maximum absolute atomic E-state index is 12.3. The van der Waals surface area contributed by atoms with Crippen molar-refractivity contribution in [1.29, 1.82) is 0 Å². The van der Waals surface area contributed by atoms with Crippen LogP contribution >= 0.6 is 0 Å². The minimum absolute atomic E-state index is 0.115. The molecule has 4 heteroatoms. The van der Waals surface area contributed by atoms with Crippen LogP contribution in [0.3, 0.4) is 0 Å². The normalized spacial score (nSPS) is 10.4. The van der Waals surface area contributed by atoms with Gasteiger partial charge in [-0.3, -0.25) is 9.78 Å². The van der Waals surface area contributed by atoms with E-state index < -0.39 is 0 Å². The van der Waals surface area contributed by atoms with E-state index >= 15 is 0 Å². The summed E-state index contributed by atoms with van der Waals surface area (Å²) < 4.78 is 0. The Kier molecular flexibility index (Phi) is 2.53. The quantitative estimate of drug-likeness (QED) is 0.639. The highest BCUT2D eigenvalue weighted by molar-refractivity contribution is 6.15. The van der Waals surface area contributed by atoms with Gasteiger partial charge in [0, 0.05) is 29.5 Å². The highest BCUT2D eigenvalue weighted by Crippen LogP contribution is 2.19. The molecule has 0 fully saturated rings. The van der Waals surface area contributed by atoms with Crippen LogP contribution in [0.1, 0.15) is 16.1 Å². The van der Waals surface area contributed by atoms with E-state index in [2.05, 4.69) is 15.0 Å². The highest BCUT2D eigenvalue weighted by Gasteiger charge is 2.13. The Bertz CT molecular complexity index is 705. The molecule has 0 saturated heterocycles. The summed E-state index contributed by atoms with van der Waals surface area (Å²) >= 11 is 0. The lowest BCUT2D eigenvalue weighted by Gasteiger charge is -2.04. The Morgan fingerprint density at radius 1 is 1.00 bits per heavy atom. The number of carbonyl (C=O) groups is 1. The fraction of sp³-hybridized carbons (Fsp3) is 0. The molecule has 86 valence electrons. The minimum Gasteiger partial charge on any atom is -0.287 e. The van der Waals surface area contributed by atoms with E-state index in [9.17, 15) is 4.79 Å². The van der Waals surface area contributed by atoms with Gasteiger partial charge in [-0.05, 0) is 17.5 Å². The van der Waals surface area contributed by atoms with Gasteiger partial charge in [-0.2, -0.15) is 0 Å². The van der Waals surface area contributed by atoms with Crippen LogP contribution in [0.15, 0.2) is 55.2 Å². The SMILES string of the molecule is O=C(c1ccncn1)c1cccc2ccncc12. The van der Waals surface area contributed by atoms with Crippen LogP contribution in [0.25, 0.3) is 10.8 Å². The van der Waals surface area contributed by atoms with Crippen molar-refractivity contribution >= 4 is 16.6 Å². The van der Waals surface area contributed by atoms with E-state index in [1.54, 1.807) is 30.7 Å². The van der Waals surface area contributed by atoms with Crippen LogP contribution in [0.5, 0.6) is 0 Å². The first-order valence-electron chi connectivity index (χ1n) is 5.50. The molecule has 0 aliphatic rings. The number of hydrogen-bond donors (Lipinski definition) is 0. The predicted molar refractivity (Wildman–Crippen MR) is 67.2 cm³/mol. The summed E-state index contributed by atoms with van der Waals surface area (Å²) in [6, 6.07) is 9.09. The lowest BCUT2D eigenvalue weighted by molar-refractivity contribution is 0.103. The third kappa shape index (κ3) is 1.73. The second-order valence-corrected chi connectivity index (χ2v) is 3.83. The molecule has 0 amide bonds. The molecule has 0 N–H and O–H groups in total. The summed E-state index contributed by atoms with van der Waals surface area (Å²) in [7, 11) is 0. The van der Waals surface area contributed by atoms with Crippen LogP contribution in [0.2, 0.25) is 0 Å². The number of ketones is 1. The average molecular weight is 235 g/mol. The molecule has 0 radical (unpaired) electrons. The van der Waals surface area contributed by atoms with Crippen LogP contribution < -0.4 is 0 Å². The molecule has 4 nitrogen and oxygen atoms in total. The van der Waals surface area contributed by atoms with E-state index in [1.807, 2.05) is 18.2 Å². The second kappa shape index (κ2) is 4.33. The van der Waals surface area contributed by atoms with E-state index in [0.717, 1.165) is 10.8 Å². The zero-order valence-corrected chi connectivity index (χ0v) is 9.45. The Morgan fingerprint density at radius 2 is 1.89 bits per heavy atom. The van der Waals surface area contributed by atoms with Crippen molar-refractivity contribution in [2.45, 2.75) is 0 Å². The molecular weight excluding hydrogens is 226 g/mol. The van der Waals surface area contributed by atoms with Crippen molar-refractivity contribution in [2.24, 2.45) is 0 Å². The van der Waals surface area contributed by atoms with Crippen molar-refractivity contribution in [1.82, 2.24) is 15.0 Å². The van der Waals surface area contributed by atoms with Crippen molar-refractivity contribution in [3.63, 3.8) is 0 Å². The van der Waals surface area contributed by atoms with Gasteiger partial charge in [0.15, 0.2) is 0 Å². The first-order chi connectivity index (χ1) is 8.86. The smallest absolute Gasteiger partial charge is 0.212 e. The van der Waals surface area contributed by atoms with Crippen LogP contribution in [0, 0.1) is 0 Å². The number of fused-ring (bicyclic) bond motifs is 1. The molecule has 0 spiro atoms. The largest absolute Gasteiger partial charge is 0.287 e. The molecular formula is C14H9N3O. The summed E-state index contributed by atoms with van der Waals surface area (Å²) in [4.78, 5) is 24.2. The van der Waals surface area contributed by atoms with Gasteiger partial charge in [0.2, 0.25) is 5.78 Å². The Labute approximate surface area is 103 Å². The maximum Gasteiger partial charge on any atom is 0.212 e. The first kappa shape index (κ1) is 10.5. The first-order valence-corrected chi connectivity index (χ1v) is 5.50. The molecule has 3 aromatic rings. The topological polar surface area (TPSA) is 55.7 Å². The number of carbonyl (C=O) groups excluding carboxylic acids is 1. The average Bonchev–Trinajstić information content (AvgIpc) is 2.47. The zero-order valence-electron chi connectivity index (χ0n) is 9.45. The van der Waals surface area contributed by atoms with E-state index in [-0.39, 0.29) is 5.78 Å². The molecule has 0 bridgehead atoms. The monoisotopic (exact) mass is 235 g/mol. The number of pyridine rings is 1. The molecule has 0 aliphatic heterocycles. The van der Waals surface area contributed by atoms with Crippen molar-refractivity contribution in [2.75, 3.05) is 0 Å². The molecule has 18 heavy (non-hydrogen) atoms. The Morgan fingerprint density at radius 3 is 2.72 bits per heavy atom. The Balaban J connectivity index is 2.18. The Hall–Kier alpha value is -2.62. The van der Waals surface area contributed by atoms with Gasteiger partial charge in [0.05, 0.1) is 0 Å². The highest BCUT2D eigenvalue weighted by atomic mass is 16.1. The molecule has 0 saturated carbocycles. The van der Waals surface area contributed by atoms with Gasteiger partial charge >= 0.3 is 0 Å². The fourth-order valence-corrected chi connectivity index (χ4v) is 1.87. The lowest BCUT2D eigenvalue weighted by Crippen LogP contribution is -2.04. The van der Waals surface area contributed by atoms with Crippen molar-refractivity contribution in [3.05, 3.63) is 66.5 Å². The molecule has 0 aliphatic carbocycles. The van der Waals surface area contributed by atoms with Gasteiger partial charge in [-0.1, -0.05) is 18.2 Å². The number of aromatic nitrogens is 3. The van der Waals surface area contributed by atoms with Crippen LogP contribution in [0.4, 0.5) is 0 Å². The van der Waals surface area contributed by atoms with Crippen LogP contribution in [-0.2, 0) is 0 Å². The molecule has 1 aromatic carbocycles. The number of nitrogens with zero attached hydrogens (tertiary/aromatic N) is 3. The van der Waals surface area contributed by atoms with Gasteiger partial charge in [-0.15, -0.1) is 0 Å². The van der Waals surface area contributed by atoms with Gasteiger partial charge in [-0.25, -0.2) is 9.97 Å². The van der Waals surface area contributed by atoms with E-state index in [1.165, 1.54) is 6.33 Å². The summed E-state index contributed by atoms with van der Waals surface area (Å²) in [5, 5.41) is 1.83. The van der Waals surface area contributed by atoms with Crippen molar-refractivity contribution < 1.29 is 4.79 Å². The van der Waals surface area contributed by atoms with E-state index in [0.29, 0.717) is 11.3 Å². The number of hydrogen-bond acceptors (Lipinski definition) is 4. The zero-order chi connectivity index (χ0) is 12.4. The molecule has 3 rings (SSSR count). The summed E-state index contributed by atoms with van der Waals surface area (Å²) in [5.74, 6) is -0.115. The van der Waals surface area contributed by atoms with Crippen molar-refractivity contribution in [3.8, 4) is 0 Å². The lowest BCUT2D eigenvalue weighted by atomic mass is 10.0. The summed E-state index contributed by atoms with van der Waals surface area (Å²) in [5.41, 5.74) is 1.00. The number of rotatable bonds is 2. The second-order valence-electron chi connectivity index (χ2n) is 3.83. The van der Waals surface area contributed by atoms with E-state index in [4.69, 9.17) is 0 Å². The predicted octanol–water partition coefficient (Wildman–Crippen LogP) is 2.26. The minimum atomic E-state index is -0.115. The molecule has 2 heterocycles. The molecule has 2 aromatic heterocycles. The fourth-order valence-electron chi connectivity index (χ4n) is 1.87. The van der Waals surface area contributed by atoms with Crippen LogP contribution in [-0.4, -0.2) is 20.7 Å². The van der Waals surface area contributed by atoms with Gasteiger partial charge in [0.1, 0.15) is 12.0 Å². The summed E-state index contributed by atoms with van der Waals surface area (Å²) in [6.07, 6.45) is 6.34. The molecule has 0 unspecified atom stereocenters. The number of benzene rings is 1. The van der Waals surface area contributed by atoms with Gasteiger partial charge in [0.25, 0.3) is 0 Å². The van der Waals surface area contributed by atoms with Gasteiger partial charge < -0.3 is 0 Å². The summed E-state index contributed by atoms with van der Waals surface area (Å²) in [6.45, 7) is 0. The third-order valence-corrected chi connectivity index (χ3v) is 2.74.